The monoisotopic (exact) mass is 484 g/mol. The van der Waals surface area contributed by atoms with Crippen molar-refractivity contribution in [2.75, 3.05) is 6.54 Å². The van der Waals surface area contributed by atoms with Crippen molar-refractivity contribution in [3.8, 4) is 11.3 Å². The van der Waals surface area contributed by atoms with Crippen LogP contribution in [-0.4, -0.2) is 17.5 Å². The number of nitrogens with one attached hydrogen (secondary N) is 2. The first-order chi connectivity index (χ1) is 11.8. The number of aliphatic imine (C=N–C) groups is 1. The lowest BCUT2D eigenvalue weighted by Crippen LogP contribution is -2.36. The van der Waals surface area contributed by atoms with Gasteiger partial charge < -0.3 is 10.6 Å². The summed E-state index contributed by atoms with van der Waals surface area (Å²) in [6.45, 7) is 4.26. The van der Waals surface area contributed by atoms with Gasteiger partial charge >= 0.3 is 0 Å². The lowest BCUT2D eigenvalue weighted by Gasteiger charge is -2.09. The van der Waals surface area contributed by atoms with Crippen LogP contribution in [0.25, 0.3) is 11.3 Å². The van der Waals surface area contributed by atoms with Gasteiger partial charge in [-0.3, -0.25) is 0 Å². The molecule has 0 saturated carbocycles. The molecule has 3 aromatic rings. The molecular weight excluding hydrogens is 463 g/mol. The highest BCUT2D eigenvalue weighted by Gasteiger charge is 2.05. The third kappa shape index (κ3) is 6.09. The lowest BCUT2D eigenvalue weighted by atomic mass is 10.2. The zero-order chi connectivity index (χ0) is 16.6. The Bertz CT molecular complexity index is 769. The minimum atomic E-state index is 0. The van der Waals surface area contributed by atoms with Crippen LogP contribution in [-0.2, 0) is 13.1 Å². The van der Waals surface area contributed by atoms with E-state index in [1.54, 1.807) is 22.7 Å². The van der Waals surface area contributed by atoms with Crippen molar-refractivity contribution in [1.82, 2.24) is 15.6 Å². The number of nitrogens with zero attached hydrogens (tertiary/aromatic N) is 2. The van der Waals surface area contributed by atoms with Gasteiger partial charge in [0.25, 0.3) is 0 Å². The van der Waals surface area contributed by atoms with Gasteiger partial charge in [0.05, 0.1) is 18.8 Å². The number of benzene rings is 1. The Morgan fingerprint density at radius 2 is 1.96 bits per heavy atom. The van der Waals surface area contributed by atoms with E-state index in [2.05, 4.69) is 56.9 Å². The molecule has 1 aromatic carbocycles. The molecule has 4 nitrogen and oxygen atoms in total. The molecule has 0 amide bonds. The van der Waals surface area contributed by atoms with Gasteiger partial charge in [0.15, 0.2) is 5.96 Å². The van der Waals surface area contributed by atoms with Crippen molar-refractivity contribution >= 4 is 52.6 Å². The van der Waals surface area contributed by atoms with Crippen LogP contribution in [0.1, 0.15) is 17.5 Å². The molecular formula is C18H21IN4S2. The van der Waals surface area contributed by atoms with E-state index in [-0.39, 0.29) is 24.0 Å². The molecule has 3 rings (SSSR count). The summed E-state index contributed by atoms with van der Waals surface area (Å²) in [6.07, 6.45) is 0. The topological polar surface area (TPSA) is 49.3 Å². The number of hydrogen-bond acceptors (Lipinski definition) is 4. The van der Waals surface area contributed by atoms with Gasteiger partial charge in [-0.2, -0.15) is 11.3 Å². The zero-order valence-corrected chi connectivity index (χ0v) is 17.9. The summed E-state index contributed by atoms with van der Waals surface area (Å²) in [5.74, 6) is 0.820. The number of thiophene rings is 1. The predicted octanol–water partition coefficient (Wildman–Crippen LogP) is 4.74. The summed E-state index contributed by atoms with van der Waals surface area (Å²) in [5.41, 5.74) is 3.41. The molecule has 2 heterocycles. The Kier molecular flexibility index (Phi) is 8.36. The zero-order valence-electron chi connectivity index (χ0n) is 13.9. The second kappa shape index (κ2) is 10.5. The van der Waals surface area contributed by atoms with Crippen LogP contribution >= 0.6 is 46.7 Å². The molecule has 0 fully saturated rings. The first kappa shape index (κ1) is 19.9. The normalized spacial score (nSPS) is 11.0. The van der Waals surface area contributed by atoms with Crippen LogP contribution < -0.4 is 10.6 Å². The molecule has 0 radical (unpaired) electrons. The average Bonchev–Trinajstić information content (AvgIpc) is 3.30. The fraction of sp³-hybridized carbons (Fsp3) is 0.222. The van der Waals surface area contributed by atoms with Gasteiger partial charge in [0.2, 0.25) is 0 Å². The average molecular weight is 484 g/mol. The summed E-state index contributed by atoms with van der Waals surface area (Å²) in [7, 11) is 0. The second-order valence-electron chi connectivity index (χ2n) is 5.17. The first-order valence-electron chi connectivity index (χ1n) is 7.88. The van der Waals surface area contributed by atoms with Gasteiger partial charge in [-0.15, -0.1) is 35.3 Å². The number of hydrogen-bond donors (Lipinski definition) is 2. The smallest absolute Gasteiger partial charge is 0.191 e. The molecule has 2 N–H and O–H groups in total. The summed E-state index contributed by atoms with van der Waals surface area (Å²) in [6, 6.07) is 12.4. The maximum absolute atomic E-state index is 4.70. The number of rotatable bonds is 6. The molecule has 0 atom stereocenters. The van der Waals surface area contributed by atoms with E-state index in [9.17, 15) is 0 Å². The molecule has 0 saturated heterocycles. The Morgan fingerprint density at radius 3 is 2.68 bits per heavy atom. The Labute approximate surface area is 173 Å². The largest absolute Gasteiger partial charge is 0.357 e. The van der Waals surface area contributed by atoms with E-state index in [4.69, 9.17) is 4.98 Å². The Hall–Kier alpha value is -1.45. The van der Waals surface area contributed by atoms with Gasteiger partial charge in [-0.1, -0.05) is 30.3 Å². The summed E-state index contributed by atoms with van der Waals surface area (Å²) < 4.78 is 0. The van der Waals surface area contributed by atoms with Crippen molar-refractivity contribution in [1.29, 1.82) is 0 Å². The van der Waals surface area contributed by atoms with E-state index >= 15 is 0 Å². The summed E-state index contributed by atoms with van der Waals surface area (Å²) in [5, 5.41) is 14.0. The lowest BCUT2D eigenvalue weighted by molar-refractivity contribution is 0.812. The standard InChI is InChI=1S/C18H20N4S2.HI/c1-2-19-18(20-10-14-8-9-23-12-14)21-11-17-22-16(13-24-17)15-6-4-3-5-7-15;/h3-9,12-13H,2,10-11H2,1H3,(H2,19,20,21);1H. The van der Waals surface area contributed by atoms with Crippen LogP contribution in [0, 0.1) is 0 Å². The van der Waals surface area contributed by atoms with Crippen LogP contribution in [0.4, 0.5) is 0 Å². The highest BCUT2D eigenvalue weighted by molar-refractivity contribution is 14.0. The van der Waals surface area contributed by atoms with E-state index in [1.165, 1.54) is 5.56 Å². The van der Waals surface area contributed by atoms with Crippen LogP contribution in [0.15, 0.2) is 57.5 Å². The van der Waals surface area contributed by atoms with Gasteiger partial charge in [0, 0.05) is 17.5 Å². The van der Waals surface area contributed by atoms with Crippen molar-refractivity contribution in [3.63, 3.8) is 0 Å². The fourth-order valence-electron chi connectivity index (χ4n) is 2.19. The summed E-state index contributed by atoms with van der Waals surface area (Å²) in [4.78, 5) is 9.31. The van der Waals surface area contributed by atoms with Crippen LogP contribution in [0.5, 0.6) is 0 Å². The summed E-state index contributed by atoms with van der Waals surface area (Å²) >= 11 is 3.36. The maximum atomic E-state index is 4.70. The quantitative estimate of drug-likeness (QED) is 0.302. The molecule has 0 aliphatic carbocycles. The van der Waals surface area contributed by atoms with Crippen molar-refractivity contribution in [2.45, 2.75) is 20.0 Å². The molecule has 7 heteroatoms. The minimum absolute atomic E-state index is 0. The molecule has 132 valence electrons. The maximum Gasteiger partial charge on any atom is 0.191 e. The predicted molar refractivity (Wildman–Crippen MR) is 119 cm³/mol. The van der Waals surface area contributed by atoms with Crippen LogP contribution in [0.2, 0.25) is 0 Å². The third-order valence-electron chi connectivity index (χ3n) is 3.37. The van der Waals surface area contributed by atoms with E-state index < -0.39 is 0 Å². The van der Waals surface area contributed by atoms with E-state index in [1.807, 2.05) is 18.2 Å². The van der Waals surface area contributed by atoms with Gasteiger partial charge in [0.1, 0.15) is 5.01 Å². The van der Waals surface area contributed by atoms with Crippen LogP contribution in [0.3, 0.4) is 0 Å². The van der Waals surface area contributed by atoms with Gasteiger partial charge in [-0.25, -0.2) is 9.98 Å². The molecule has 0 spiro atoms. The highest BCUT2D eigenvalue weighted by Crippen LogP contribution is 2.21. The third-order valence-corrected chi connectivity index (χ3v) is 4.95. The Morgan fingerprint density at radius 1 is 1.12 bits per heavy atom. The first-order valence-corrected chi connectivity index (χ1v) is 9.70. The number of aromatic nitrogens is 1. The SMILES string of the molecule is CCNC(=NCc1ccsc1)NCc1nc(-c2ccccc2)cs1.I. The molecule has 0 bridgehead atoms. The van der Waals surface area contributed by atoms with Gasteiger partial charge in [-0.05, 0) is 29.3 Å². The molecule has 0 unspecified atom stereocenters. The number of thiazole rings is 1. The van der Waals surface area contributed by atoms with E-state index in [0.29, 0.717) is 13.1 Å². The fourth-order valence-corrected chi connectivity index (χ4v) is 3.59. The molecule has 0 aliphatic heterocycles. The van der Waals surface area contributed by atoms with Crippen molar-refractivity contribution in [3.05, 3.63) is 63.1 Å². The Balaban J connectivity index is 0.00000225. The number of halogens is 1. The van der Waals surface area contributed by atoms with Crippen molar-refractivity contribution in [2.24, 2.45) is 4.99 Å². The number of guanidine groups is 1. The highest BCUT2D eigenvalue weighted by atomic mass is 127. The van der Waals surface area contributed by atoms with E-state index in [0.717, 1.165) is 28.8 Å². The minimum Gasteiger partial charge on any atom is -0.357 e. The van der Waals surface area contributed by atoms with Crippen molar-refractivity contribution < 1.29 is 0 Å². The molecule has 0 aliphatic rings. The second-order valence-corrected chi connectivity index (χ2v) is 6.90. The molecule has 2 aromatic heterocycles. The molecule has 25 heavy (non-hydrogen) atoms.